The summed E-state index contributed by atoms with van der Waals surface area (Å²) in [5.41, 5.74) is 0.773. The SMILES string of the molecule is C1CC2(C1)CN(C1CCC3(CC1)OCCO3)C2. The van der Waals surface area contributed by atoms with Crippen LogP contribution in [0.2, 0.25) is 0 Å². The van der Waals surface area contributed by atoms with Crippen LogP contribution >= 0.6 is 0 Å². The average molecular weight is 237 g/mol. The van der Waals surface area contributed by atoms with Crippen molar-refractivity contribution in [2.75, 3.05) is 26.3 Å². The normalized spacial score (nSPS) is 36.0. The Kier molecular flexibility index (Phi) is 2.34. The molecule has 0 atom stereocenters. The lowest BCUT2D eigenvalue weighted by Gasteiger charge is -2.59. The first kappa shape index (κ1) is 10.8. The minimum Gasteiger partial charge on any atom is -0.348 e. The first-order valence-corrected chi connectivity index (χ1v) is 7.31. The molecule has 2 aliphatic heterocycles. The van der Waals surface area contributed by atoms with Crippen molar-refractivity contribution in [2.24, 2.45) is 5.41 Å². The second-order valence-electron chi connectivity index (χ2n) is 6.60. The van der Waals surface area contributed by atoms with Crippen molar-refractivity contribution >= 4 is 0 Å². The molecule has 4 fully saturated rings. The molecule has 0 aromatic carbocycles. The summed E-state index contributed by atoms with van der Waals surface area (Å²) in [5, 5.41) is 0. The monoisotopic (exact) mass is 237 g/mol. The molecule has 2 spiro atoms. The van der Waals surface area contributed by atoms with Gasteiger partial charge in [0.05, 0.1) is 13.2 Å². The van der Waals surface area contributed by atoms with Gasteiger partial charge in [0.15, 0.2) is 5.79 Å². The molecule has 4 rings (SSSR count). The van der Waals surface area contributed by atoms with Crippen LogP contribution in [0.5, 0.6) is 0 Å². The van der Waals surface area contributed by atoms with Gasteiger partial charge in [-0.15, -0.1) is 0 Å². The summed E-state index contributed by atoms with van der Waals surface area (Å²) in [7, 11) is 0. The van der Waals surface area contributed by atoms with Crippen LogP contribution in [0.4, 0.5) is 0 Å². The van der Waals surface area contributed by atoms with E-state index < -0.39 is 0 Å². The van der Waals surface area contributed by atoms with Crippen LogP contribution < -0.4 is 0 Å². The minimum atomic E-state index is -0.171. The highest BCUT2D eigenvalue weighted by Crippen LogP contribution is 2.50. The van der Waals surface area contributed by atoms with Crippen molar-refractivity contribution < 1.29 is 9.47 Å². The first-order chi connectivity index (χ1) is 8.29. The van der Waals surface area contributed by atoms with Gasteiger partial charge in [0.2, 0.25) is 0 Å². The highest BCUT2D eigenvalue weighted by atomic mass is 16.7. The number of nitrogens with zero attached hydrogens (tertiary/aromatic N) is 1. The lowest BCUT2D eigenvalue weighted by Crippen LogP contribution is -2.63. The van der Waals surface area contributed by atoms with Gasteiger partial charge in [0.25, 0.3) is 0 Å². The maximum Gasteiger partial charge on any atom is 0.168 e. The van der Waals surface area contributed by atoms with Crippen molar-refractivity contribution in [2.45, 2.75) is 56.8 Å². The fourth-order valence-corrected chi connectivity index (χ4v) is 4.26. The fourth-order valence-electron chi connectivity index (χ4n) is 4.26. The van der Waals surface area contributed by atoms with Gasteiger partial charge in [-0.25, -0.2) is 0 Å². The third kappa shape index (κ3) is 1.66. The summed E-state index contributed by atoms with van der Waals surface area (Å²) in [6.45, 7) is 4.37. The largest absolute Gasteiger partial charge is 0.348 e. The van der Waals surface area contributed by atoms with Gasteiger partial charge < -0.3 is 9.47 Å². The highest BCUT2D eigenvalue weighted by Gasteiger charge is 2.50. The Labute approximate surface area is 103 Å². The van der Waals surface area contributed by atoms with E-state index in [2.05, 4.69) is 4.90 Å². The molecule has 2 aliphatic carbocycles. The van der Waals surface area contributed by atoms with E-state index in [-0.39, 0.29) is 5.79 Å². The van der Waals surface area contributed by atoms with Crippen molar-refractivity contribution in [3.63, 3.8) is 0 Å². The predicted octanol–water partition coefficient (Wildman–Crippen LogP) is 2.16. The lowest BCUT2D eigenvalue weighted by molar-refractivity contribution is -0.192. The lowest BCUT2D eigenvalue weighted by atomic mass is 9.63. The number of rotatable bonds is 1. The molecule has 3 nitrogen and oxygen atoms in total. The number of likely N-dealkylation sites (tertiary alicyclic amines) is 1. The van der Waals surface area contributed by atoms with E-state index in [4.69, 9.17) is 9.47 Å². The summed E-state index contributed by atoms with van der Waals surface area (Å²) >= 11 is 0. The van der Waals surface area contributed by atoms with Crippen LogP contribution in [0.3, 0.4) is 0 Å². The minimum absolute atomic E-state index is 0.171. The van der Waals surface area contributed by atoms with Crippen molar-refractivity contribution in [3.05, 3.63) is 0 Å². The third-order valence-electron chi connectivity index (χ3n) is 5.54. The summed E-state index contributed by atoms with van der Waals surface area (Å²) in [5.74, 6) is -0.171. The second kappa shape index (κ2) is 3.69. The summed E-state index contributed by atoms with van der Waals surface area (Å²) < 4.78 is 11.6. The van der Waals surface area contributed by atoms with Crippen LogP contribution in [-0.4, -0.2) is 43.0 Å². The van der Waals surface area contributed by atoms with Gasteiger partial charge in [0, 0.05) is 32.0 Å². The van der Waals surface area contributed by atoms with Gasteiger partial charge in [0.1, 0.15) is 0 Å². The van der Waals surface area contributed by atoms with Crippen LogP contribution in [-0.2, 0) is 9.47 Å². The molecule has 0 aromatic rings. The smallest absolute Gasteiger partial charge is 0.168 e. The van der Waals surface area contributed by atoms with Crippen LogP contribution in [0.25, 0.3) is 0 Å². The van der Waals surface area contributed by atoms with Crippen molar-refractivity contribution in [1.82, 2.24) is 4.90 Å². The molecule has 4 aliphatic rings. The Balaban J connectivity index is 1.31. The third-order valence-corrected chi connectivity index (χ3v) is 5.54. The molecule has 0 radical (unpaired) electrons. The summed E-state index contributed by atoms with van der Waals surface area (Å²) in [4.78, 5) is 2.72. The Morgan fingerprint density at radius 1 is 0.882 bits per heavy atom. The fraction of sp³-hybridized carbons (Fsp3) is 1.00. The van der Waals surface area contributed by atoms with E-state index in [1.807, 2.05) is 0 Å². The maximum atomic E-state index is 5.79. The van der Waals surface area contributed by atoms with Crippen LogP contribution in [0.15, 0.2) is 0 Å². The summed E-state index contributed by atoms with van der Waals surface area (Å²) in [6, 6.07) is 0.819. The standard InChI is InChI=1S/C14H23NO2/c1-4-13(5-1)10-15(11-13)12-2-6-14(7-3-12)16-8-9-17-14/h12H,1-11H2. The molecule has 3 heteroatoms. The molecule has 0 aromatic heterocycles. The molecule has 96 valence electrons. The van der Waals surface area contributed by atoms with E-state index in [0.717, 1.165) is 37.5 Å². The zero-order valence-corrected chi connectivity index (χ0v) is 10.6. The highest BCUT2D eigenvalue weighted by molar-refractivity contribution is 5.03. The van der Waals surface area contributed by atoms with Crippen LogP contribution in [0.1, 0.15) is 44.9 Å². The molecule has 0 amide bonds. The Bertz CT molecular complexity index is 289. The molecule has 0 bridgehead atoms. The molecular formula is C14H23NO2. The Hall–Kier alpha value is -0.120. The van der Waals surface area contributed by atoms with Crippen LogP contribution in [0, 0.1) is 5.41 Å². The molecule has 0 N–H and O–H groups in total. The second-order valence-corrected chi connectivity index (χ2v) is 6.60. The van der Waals surface area contributed by atoms with E-state index in [0.29, 0.717) is 0 Å². The van der Waals surface area contributed by atoms with Gasteiger partial charge in [-0.1, -0.05) is 6.42 Å². The number of hydrogen-bond donors (Lipinski definition) is 0. The van der Waals surface area contributed by atoms with Gasteiger partial charge >= 0.3 is 0 Å². The molecule has 2 heterocycles. The van der Waals surface area contributed by atoms with E-state index in [9.17, 15) is 0 Å². The molecule has 2 saturated carbocycles. The molecule has 2 saturated heterocycles. The van der Waals surface area contributed by atoms with E-state index in [1.165, 1.54) is 45.2 Å². The van der Waals surface area contributed by atoms with Gasteiger partial charge in [-0.3, -0.25) is 4.90 Å². The van der Waals surface area contributed by atoms with Gasteiger partial charge in [-0.2, -0.15) is 0 Å². The van der Waals surface area contributed by atoms with Crippen molar-refractivity contribution in [1.29, 1.82) is 0 Å². The van der Waals surface area contributed by atoms with E-state index >= 15 is 0 Å². The summed E-state index contributed by atoms with van der Waals surface area (Å²) in [6.07, 6.45) is 9.23. The topological polar surface area (TPSA) is 21.7 Å². The Morgan fingerprint density at radius 3 is 2.06 bits per heavy atom. The number of hydrogen-bond acceptors (Lipinski definition) is 3. The average Bonchev–Trinajstić information content (AvgIpc) is 2.66. The predicted molar refractivity (Wildman–Crippen MR) is 64.7 cm³/mol. The quantitative estimate of drug-likeness (QED) is 0.697. The zero-order valence-electron chi connectivity index (χ0n) is 10.6. The first-order valence-electron chi connectivity index (χ1n) is 7.31. The van der Waals surface area contributed by atoms with Gasteiger partial charge in [-0.05, 0) is 31.1 Å². The molecule has 17 heavy (non-hydrogen) atoms. The molecule has 0 unspecified atom stereocenters. The Morgan fingerprint density at radius 2 is 1.53 bits per heavy atom. The number of ether oxygens (including phenoxy) is 2. The van der Waals surface area contributed by atoms with Crippen molar-refractivity contribution in [3.8, 4) is 0 Å². The van der Waals surface area contributed by atoms with E-state index in [1.54, 1.807) is 0 Å². The maximum absolute atomic E-state index is 5.79. The molecular weight excluding hydrogens is 214 g/mol. The zero-order chi connectivity index (χ0) is 11.3.